The minimum atomic E-state index is -0.328. The first-order valence-electron chi connectivity index (χ1n) is 9.05. The zero-order valence-corrected chi connectivity index (χ0v) is 14.2. The van der Waals surface area contributed by atoms with Crippen molar-refractivity contribution in [3.63, 3.8) is 0 Å². The number of aliphatic hydroxyl groups excluding tert-OH is 1. The first kappa shape index (κ1) is 16.4. The quantitative estimate of drug-likeness (QED) is 0.903. The molecule has 0 bridgehead atoms. The molecule has 1 aromatic heterocycles. The number of carbonyl (C=O) groups excluding carboxylic acids is 1. The predicted molar refractivity (Wildman–Crippen MR) is 95.2 cm³/mol. The van der Waals surface area contributed by atoms with Crippen LogP contribution in [0.1, 0.15) is 29.8 Å². The number of aromatic amines is 1. The van der Waals surface area contributed by atoms with Gasteiger partial charge in [-0.15, -0.1) is 0 Å². The molecule has 2 aromatic rings. The highest BCUT2D eigenvalue weighted by molar-refractivity contribution is 5.93. The van der Waals surface area contributed by atoms with E-state index in [1.807, 2.05) is 47.4 Å². The van der Waals surface area contributed by atoms with Crippen LogP contribution in [0.3, 0.4) is 0 Å². The molecule has 1 aliphatic carbocycles. The zero-order chi connectivity index (χ0) is 17.2. The molecule has 3 atom stereocenters. The summed E-state index contributed by atoms with van der Waals surface area (Å²) >= 11 is 0. The van der Waals surface area contributed by atoms with Crippen molar-refractivity contribution in [1.82, 2.24) is 9.88 Å². The Labute approximate surface area is 147 Å². The second-order valence-electron chi connectivity index (χ2n) is 6.95. The standard InChI is InChI=1S/C20H24N2O3/c23-19-8-4-7-15(19)18-13-25-12-11-22(18)20(24)17-10-9-16(21-17)14-5-2-1-3-6-14/h1-3,5-6,9-10,15,18-19,21,23H,4,7-8,11-13H2. The summed E-state index contributed by atoms with van der Waals surface area (Å²) in [6.45, 7) is 1.64. The number of morpholine rings is 1. The number of H-pyrrole nitrogens is 1. The first-order valence-corrected chi connectivity index (χ1v) is 9.05. The van der Waals surface area contributed by atoms with Crippen molar-refractivity contribution in [3.05, 3.63) is 48.2 Å². The Morgan fingerprint density at radius 1 is 1.16 bits per heavy atom. The number of hydrogen-bond acceptors (Lipinski definition) is 3. The van der Waals surface area contributed by atoms with Gasteiger partial charge in [0.2, 0.25) is 0 Å². The predicted octanol–water partition coefficient (Wildman–Crippen LogP) is 2.68. The van der Waals surface area contributed by atoms with E-state index in [0.29, 0.717) is 25.5 Å². The molecular weight excluding hydrogens is 316 g/mol. The summed E-state index contributed by atoms with van der Waals surface area (Å²) in [6, 6.07) is 13.7. The molecule has 1 aliphatic heterocycles. The van der Waals surface area contributed by atoms with Crippen LogP contribution in [-0.4, -0.2) is 52.8 Å². The molecule has 2 N–H and O–H groups in total. The van der Waals surface area contributed by atoms with Crippen LogP contribution < -0.4 is 0 Å². The third-order valence-corrected chi connectivity index (χ3v) is 5.45. The average Bonchev–Trinajstić information content (AvgIpc) is 3.31. The first-order chi connectivity index (χ1) is 12.2. The van der Waals surface area contributed by atoms with Crippen molar-refractivity contribution < 1.29 is 14.6 Å². The van der Waals surface area contributed by atoms with E-state index in [4.69, 9.17) is 4.74 Å². The number of amides is 1. The van der Waals surface area contributed by atoms with E-state index >= 15 is 0 Å². The van der Waals surface area contributed by atoms with Gasteiger partial charge in [0, 0.05) is 18.2 Å². The maximum atomic E-state index is 13.1. The molecule has 3 unspecified atom stereocenters. The van der Waals surface area contributed by atoms with Gasteiger partial charge < -0.3 is 19.7 Å². The Morgan fingerprint density at radius 3 is 2.76 bits per heavy atom. The van der Waals surface area contributed by atoms with Gasteiger partial charge in [-0.2, -0.15) is 0 Å². The number of nitrogens with one attached hydrogen (secondary N) is 1. The maximum absolute atomic E-state index is 13.1. The van der Waals surface area contributed by atoms with Crippen LogP contribution >= 0.6 is 0 Å². The number of aliphatic hydroxyl groups is 1. The smallest absolute Gasteiger partial charge is 0.270 e. The number of rotatable bonds is 3. The van der Waals surface area contributed by atoms with Crippen LogP contribution in [0, 0.1) is 5.92 Å². The van der Waals surface area contributed by atoms with Crippen molar-refractivity contribution in [2.24, 2.45) is 5.92 Å². The highest BCUT2D eigenvalue weighted by Gasteiger charge is 2.39. The van der Waals surface area contributed by atoms with Crippen LogP contribution in [0.15, 0.2) is 42.5 Å². The van der Waals surface area contributed by atoms with Gasteiger partial charge in [0.1, 0.15) is 5.69 Å². The molecule has 1 amide bonds. The van der Waals surface area contributed by atoms with Crippen LogP contribution in [-0.2, 0) is 4.74 Å². The SMILES string of the molecule is O=C(c1ccc(-c2ccccc2)[nH]1)N1CCOCC1C1CCCC1O. The molecule has 5 heteroatoms. The molecule has 0 radical (unpaired) electrons. The summed E-state index contributed by atoms with van der Waals surface area (Å²) in [4.78, 5) is 18.2. The summed E-state index contributed by atoms with van der Waals surface area (Å²) in [5.41, 5.74) is 2.60. The van der Waals surface area contributed by atoms with Gasteiger partial charge >= 0.3 is 0 Å². The minimum absolute atomic E-state index is 0.00502. The number of hydrogen-bond donors (Lipinski definition) is 2. The van der Waals surface area contributed by atoms with Gasteiger partial charge in [-0.3, -0.25) is 4.79 Å². The van der Waals surface area contributed by atoms with E-state index in [9.17, 15) is 9.90 Å². The number of aromatic nitrogens is 1. The van der Waals surface area contributed by atoms with E-state index in [1.165, 1.54) is 0 Å². The maximum Gasteiger partial charge on any atom is 0.270 e. The monoisotopic (exact) mass is 340 g/mol. The van der Waals surface area contributed by atoms with Crippen LogP contribution in [0.25, 0.3) is 11.3 Å². The lowest BCUT2D eigenvalue weighted by atomic mass is 9.94. The van der Waals surface area contributed by atoms with Crippen molar-refractivity contribution in [3.8, 4) is 11.3 Å². The fourth-order valence-corrected chi connectivity index (χ4v) is 4.11. The molecule has 132 valence electrons. The van der Waals surface area contributed by atoms with Gasteiger partial charge in [-0.05, 0) is 30.5 Å². The Kier molecular flexibility index (Phi) is 4.59. The van der Waals surface area contributed by atoms with Gasteiger partial charge in [0.05, 0.1) is 25.4 Å². The van der Waals surface area contributed by atoms with E-state index in [0.717, 1.165) is 30.5 Å². The number of benzene rings is 1. The second kappa shape index (κ2) is 7.02. The number of nitrogens with zero attached hydrogens (tertiary/aromatic N) is 1. The van der Waals surface area contributed by atoms with Crippen molar-refractivity contribution in [2.75, 3.05) is 19.8 Å². The summed E-state index contributed by atoms with van der Waals surface area (Å²) in [6.07, 6.45) is 2.47. The molecule has 1 saturated carbocycles. The molecule has 2 fully saturated rings. The Balaban J connectivity index is 1.55. The Bertz CT molecular complexity index is 728. The zero-order valence-electron chi connectivity index (χ0n) is 14.2. The van der Waals surface area contributed by atoms with Crippen LogP contribution in [0.5, 0.6) is 0 Å². The number of carbonyl (C=O) groups is 1. The fraction of sp³-hybridized carbons (Fsp3) is 0.450. The van der Waals surface area contributed by atoms with Crippen molar-refractivity contribution in [2.45, 2.75) is 31.4 Å². The summed E-state index contributed by atoms with van der Waals surface area (Å²) in [7, 11) is 0. The molecular formula is C20H24N2O3. The Morgan fingerprint density at radius 2 is 2.00 bits per heavy atom. The van der Waals surface area contributed by atoms with E-state index in [1.54, 1.807) is 0 Å². The van der Waals surface area contributed by atoms with E-state index in [2.05, 4.69) is 4.98 Å². The Hall–Kier alpha value is -2.11. The lowest BCUT2D eigenvalue weighted by molar-refractivity contribution is -0.0385. The highest BCUT2D eigenvalue weighted by Crippen LogP contribution is 2.33. The van der Waals surface area contributed by atoms with Gasteiger partial charge in [-0.1, -0.05) is 36.8 Å². The number of ether oxygens (including phenoxy) is 1. The average molecular weight is 340 g/mol. The lowest BCUT2D eigenvalue weighted by Gasteiger charge is -2.39. The summed E-state index contributed by atoms with van der Waals surface area (Å²) in [5, 5.41) is 10.3. The lowest BCUT2D eigenvalue weighted by Crippen LogP contribution is -2.53. The normalized spacial score (nSPS) is 26.8. The third-order valence-electron chi connectivity index (χ3n) is 5.45. The summed E-state index contributed by atoms with van der Waals surface area (Å²) < 4.78 is 5.62. The van der Waals surface area contributed by atoms with E-state index < -0.39 is 0 Å². The minimum Gasteiger partial charge on any atom is -0.393 e. The van der Waals surface area contributed by atoms with Gasteiger partial charge in [0.15, 0.2) is 0 Å². The molecule has 0 spiro atoms. The van der Waals surface area contributed by atoms with Crippen LogP contribution in [0.4, 0.5) is 0 Å². The van der Waals surface area contributed by atoms with Crippen LogP contribution in [0.2, 0.25) is 0 Å². The highest BCUT2D eigenvalue weighted by atomic mass is 16.5. The molecule has 4 rings (SSSR count). The summed E-state index contributed by atoms with van der Waals surface area (Å²) in [5.74, 6) is 0.113. The molecule has 2 heterocycles. The molecule has 25 heavy (non-hydrogen) atoms. The molecule has 5 nitrogen and oxygen atoms in total. The third kappa shape index (κ3) is 3.22. The van der Waals surface area contributed by atoms with Crippen molar-refractivity contribution in [1.29, 1.82) is 0 Å². The van der Waals surface area contributed by atoms with Gasteiger partial charge in [0.25, 0.3) is 5.91 Å². The second-order valence-corrected chi connectivity index (χ2v) is 6.95. The largest absolute Gasteiger partial charge is 0.393 e. The molecule has 1 saturated heterocycles. The van der Waals surface area contributed by atoms with Gasteiger partial charge in [-0.25, -0.2) is 0 Å². The topological polar surface area (TPSA) is 65.6 Å². The molecule has 2 aliphatic rings. The van der Waals surface area contributed by atoms with Crippen molar-refractivity contribution >= 4 is 5.91 Å². The van der Waals surface area contributed by atoms with E-state index in [-0.39, 0.29) is 24.0 Å². The fourth-order valence-electron chi connectivity index (χ4n) is 4.11. The molecule has 1 aromatic carbocycles.